The number of methoxy groups -OCH3 is 1. The predicted molar refractivity (Wildman–Crippen MR) is 60.6 cm³/mol. The van der Waals surface area contributed by atoms with Crippen LogP contribution in [0.5, 0.6) is 0 Å². The first kappa shape index (κ1) is 12.1. The van der Waals surface area contributed by atoms with Crippen LogP contribution in [0.2, 0.25) is 5.02 Å². The summed E-state index contributed by atoms with van der Waals surface area (Å²) >= 11 is 5.77. The minimum atomic E-state index is -0.201. The molecule has 1 radical (unpaired) electrons. The molecule has 81 valence electrons. The molecule has 0 spiro atoms. The van der Waals surface area contributed by atoms with E-state index in [2.05, 4.69) is 0 Å². The molecule has 0 aliphatic rings. The molecule has 1 unspecified atom stereocenters. The van der Waals surface area contributed by atoms with Crippen LogP contribution in [0.15, 0.2) is 24.3 Å². The zero-order valence-electron chi connectivity index (χ0n) is 8.87. The molecule has 0 amide bonds. The summed E-state index contributed by atoms with van der Waals surface area (Å²) in [7, 11) is 1.40. The molecule has 1 rings (SSSR count). The fourth-order valence-corrected chi connectivity index (χ4v) is 1.49. The second-order valence-electron chi connectivity index (χ2n) is 3.29. The van der Waals surface area contributed by atoms with Crippen LogP contribution < -0.4 is 0 Å². The number of benzene rings is 1. The van der Waals surface area contributed by atoms with Crippen molar-refractivity contribution in [2.45, 2.75) is 13.3 Å². The van der Waals surface area contributed by atoms with Crippen LogP contribution in [0, 0.1) is 12.3 Å². The maximum absolute atomic E-state index is 11.3. The third-order valence-electron chi connectivity index (χ3n) is 2.28. The van der Waals surface area contributed by atoms with Gasteiger partial charge in [-0.05, 0) is 30.5 Å². The van der Waals surface area contributed by atoms with E-state index >= 15 is 0 Å². The molecule has 0 bridgehead atoms. The molecule has 1 aromatic carbocycles. The van der Waals surface area contributed by atoms with Gasteiger partial charge < -0.3 is 4.74 Å². The number of esters is 1. The van der Waals surface area contributed by atoms with E-state index in [9.17, 15) is 4.79 Å². The molecule has 0 saturated carbocycles. The monoisotopic (exact) mass is 225 g/mol. The SMILES string of the molecule is C[CH]C(Cc1ccc(Cl)cc1)C(=O)OC. The quantitative estimate of drug-likeness (QED) is 0.737. The molecule has 2 nitrogen and oxygen atoms in total. The Bertz CT molecular complexity index is 319. The molecule has 3 heteroatoms. The zero-order chi connectivity index (χ0) is 11.3. The van der Waals surface area contributed by atoms with Gasteiger partial charge in [0.05, 0.1) is 13.0 Å². The van der Waals surface area contributed by atoms with Crippen molar-refractivity contribution in [1.82, 2.24) is 0 Å². The van der Waals surface area contributed by atoms with Gasteiger partial charge in [0.2, 0.25) is 0 Å². The van der Waals surface area contributed by atoms with E-state index in [1.165, 1.54) is 7.11 Å². The maximum Gasteiger partial charge on any atom is 0.309 e. The molecule has 0 fully saturated rings. The lowest BCUT2D eigenvalue weighted by molar-refractivity contribution is -0.144. The summed E-state index contributed by atoms with van der Waals surface area (Å²) in [5, 5.41) is 0.703. The van der Waals surface area contributed by atoms with Crippen LogP contribution in [0.4, 0.5) is 0 Å². The smallest absolute Gasteiger partial charge is 0.309 e. The molecular formula is C12H14ClO2. The number of ether oxygens (including phenoxy) is 1. The van der Waals surface area contributed by atoms with Crippen LogP contribution in [-0.4, -0.2) is 13.1 Å². The first-order chi connectivity index (χ1) is 7.17. The van der Waals surface area contributed by atoms with E-state index in [0.29, 0.717) is 11.4 Å². The maximum atomic E-state index is 11.3. The Morgan fingerprint density at radius 1 is 1.47 bits per heavy atom. The molecule has 0 N–H and O–H groups in total. The van der Waals surface area contributed by atoms with Crippen molar-refractivity contribution in [3.63, 3.8) is 0 Å². The largest absolute Gasteiger partial charge is 0.469 e. The van der Waals surface area contributed by atoms with E-state index in [1.807, 2.05) is 37.6 Å². The number of carbonyl (C=O) groups excluding carboxylic acids is 1. The first-order valence-electron chi connectivity index (χ1n) is 4.79. The van der Waals surface area contributed by atoms with E-state index < -0.39 is 0 Å². The highest BCUT2D eigenvalue weighted by Gasteiger charge is 2.17. The highest BCUT2D eigenvalue weighted by atomic mass is 35.5. The van der Waals surface area contributed by atoms with Crippen molar-refractivity contribution < 1.29 is 9.53 Å². The third kappa shape index (κ3) is 3.56. The van der Waals surface area contributed by atoms with Gasteiger partial charge in [-0.2, -0.15) is 0 Å². The number of hydrogen-bond acceptors (Lipinski definition) is 2. The van der Waals surface area contributed by atoms with Gasteiger partial charge in [-0.15, -0.1) is 0 Å². The van der Waals surface area contributed by atoms with Crippen molar-refractivity contribution in [3.8, 4) is 0 Å². The lowest BCUT2D eigenvalue weighted by Crippen LogP contribution is -2.18. The summed E-state index contributed by atoms with van der Waals surface area (Å²) in [5.74, 6) is -0.386. The molecule has 0 saturated heterocycles. The van der Waals surface area contributed by atoms with Gasteiger partial charge in [-0.1, -0.05) is 30.7 Å². The van der Waals surface area contributed by atoms with E-state index in [-0.39, 0.29) is 11.9 Å². The molecular weight excluding hydrogens is 212 g/mol. The Morgan fingerprint density at radius 3 is 2.53 bits per heavy atom. The Labute approximate surface area is 95.2 Å². The summed E-state index contributed by atoms with van der Waals surface area (Å²) in [6.45, 7) is 1.86. The summed E-state index contributed by atoms with van der Waals surface area (Å²) in [6, 6.07) is 7.48. The summed E-state index contributed by atoms with van der Waals surface area (Å²) in [6.07, 6.45) is 2.50. The molecule has 0 aliphatic heterocycles. The normalized spacial score (nSPS) is 12.2. The van der Waals surface area contributed by atoms with Crippen molar-refractivity contribution in [1.29, 1.82) is 0 Å². The Kier molecular flexibility index (Phi) is 4.63. The van der Waals surface area contributed by atoms with Gasteiger partial charge in [0.15, 0.2) is 0 Å². The standard InChI is InChI=1S/C12H14ClO2/c1-3-10(12(14)15-2)8-9-4-6-11(13)7-5-9/h3-7,10H,8H2,1-2H3. The Morgan fingerprint density at radius 2 is 2.07 bits per heavy atom. The number of hydrogen-bond donors (Lipinski definition) is 0. The van der Waals surface area contributed by atoms with Crippen LogP contribution in [-0.2, 0) is 16.0 Å². The van der Waals surface area contributed by atoms with Gasteiger partial charge in [-0.25, -0.2) is 0 Å². The van der Waals surface area contributed by atoms with E-state index in [4.69, 9.17) is 16.3 Å². The highest BCUT2D eigenvalue weighted by Crippen LogP contribution is 2.15. The molecule has 1 atom stereocenters. The minimum absolute atomic E-state index is 0.184. The second kappa shape index (κ2) is 5.76. The minimum Gasteiger partial charge on any atom is -0.469 e. The predicted octanol–water partition coefficient (Wildman–Crippen LogP) is 2.90. The summed E-state index contributed by atoms with van der Waals surface area (Å²) < 4.78 is 4.70. The average molecular weight is 226 g/mol. The van der Waals surface area contributed by atoms with Crippen LogP contribution in [0.3, 0.4) is 0 Å². The van der Waals surface area contributed by atoms with Crippen LogP contribution >= 0.6 is 11.6 Å². The van der Waals surface area contributed by atoms with E-state index in [1.54, 1.807) is 0 Å². The van der Waals surface area contributed by atoms with E-state index in [0.717, 1.165) is 5.56 Å². The fourth-order valence-electron chi connectivity index (χ4n) is 1.36. The van der Waals surface area contributed by atoms with Crippen molar-refractivity contribution in [2.75, 3.05) is 7.11 Å². The second-order valence-corrected chi connectivity index (χ2v) is 3.73. The Hall–Kier alpha value is -1.02. The van der Waals surface area contributed by atoms with Gasteiger partial charge in [0, 0.05) is 5.02 Å². The summed E-state index contributed by atoms with van der Waals surface area (Å²) in [4.78, 5) is 11.3. The van der Waals surface area contributed by atoms with Crippen molar-refractivity contribution in [2.24, 2.45) is 5.92 Å². The zero-order valence-corrected chi connectivity index (χ0v) is 9.62. The fraction of sp³-hybridized carbons (Fsp3) is 0.333. The third-order valence-corrected chi connectivity index (χ3v) is 2.53. The Balaban J connectivity index is 2.66. The topological polar surface area (TPSA) is 26.3 Å². The van der Waals surface area contributed by atoms with Gasteiger partial charge in [0.1, 0.15) is 0 Å². The molecule has 0 aliphatic carbocycles. The van der Waals surface area contributed by atoms with Crippen LogP contribution in [0.25, 0.3) is 0 Å². The van der Waals surface area contributed by atoms with Crippen molar-refractivity contribution >= 4 is 17.6 Å². The number of carbonyl (C=O) groups is 1. The first-order valence-corrected chi connectivity index (χ1v) is 5.17. The number of rotatable bonds is 4. The highest BCUT2D eigenvalue weighted by molar-refractivity contribution is 6.30. The molecule has 1 aromatic rings. The van der Waals surface area contributed by atoms with Gasteiger partial charge >= 0.3 is 5.97 Å². The lowest BCUT2D eigenvalue weighted by Gasteiger charge is -2.11. The summed E-state index contributed by atoms with van der Waals surface area (Å²) in [5.41, 5.74) is 1.08. The molecule has 0 aromatic heterocycles. The van der Waals surface area contributed by atoms with Crippen LogP contribution in [0.1, 0.15) is 12.5 Å². The van der Waals surface area contributed by atoms with Crippen molar-refractivity contribution in [3.05, 3.63) is 41.3 Å². The average Bonchev–Trinajstić information content (AvgIpc) is 2.27. The lowest BCUT2D eigenvalue weighted by atomic mass is 9.97. The van der Waals surface area contributed by atoms with Gasteiger partial charge in [-0.3, -0.25) is 4.79 Å². The molecule has 15 heavy (non-hydrogen) atoms. The number of halogens is 1. The molecule has 0 heterocycles. The van der Waals surface area contributed by atoms with Gasteiger partial charge in [0.25, 0.3) is 0 Å².